The number of carboxylic acids is 1. The van der Waals surface area contributed by atoms with Crippen molar-refractivity contribution in [3.05, 3.63) is 89.0 Å². The third-order valence-corrected chi connectivity index (χ3v) is 3.87. The predicted octanol–water partition coefficient (Wildman–Crippen LogP) is 4.93. The first-order valence-electron chi connectivity index (χ1n) is 8.04. The van der Waals surface area contributed by atoms with Gasteiger partial charge in [0.1, 0.15) is 0 Å². The van der Waals surface area contributed by atoms with Crippen LogP contribution in [0.3, 0.4) is 0 Å². The Labute approximate surface area is 148 Å². The van der Waals surface area contributed by atoms with Crippen LogP contribution in [0.2, 0.25) is 0 Å². The fourth-order valence-corrected chi connectivity index (χ4v) is 2.49. The number of benzene rings is 2. The van der Waals surface area contributed by atoms with Gasteiger partial charge in [-0.3, -0.25) is 0 Å². The second-order valence-electron chi connectivity index (χ2n) is 6.80. The topological polar surface area (TPSA) is 61.1 Å². The molecule has 0 fully saturated rings. The van der Waals surface area contributed by atoms with Crippen LogP contribution < -0.4 is 0 Å². The van der Waals surface area contributed by atoms with Gasteiger partial charge in [0.2, 0.25) is 0 Å². The van der Waals surface area contributed by atoms with Gasteiger partial charge in [0.05, 0.1) is 11.6 Å². The summed E-state index contributed by atoms with van der Waals surface area (Å²) in [5.41, 5.74) is 4.57. The molecule has 126 valence electrons. The highest BCUT2D eigenvalue weighted by atomic mass is 16.4. The number of rotatable bonds is 4. The summed E-state index contributed by atoms with van der Waals surface area (Å²) in [5, 5.41) is 17.9. The maximum atomic E-state index is 10.8. The van der Waals surface area contributed by atoms with E-state index in [1.807, 2.05) is 24.3 Å². The molecule has 3 nitrogen and oxygen atoms in total. The fraction of sp³-hybridized carbons (Fsp3) is 0.182. The molecular formula is C22H21NO2. The third-order valence-electron chi connectivity index (χ3n) is 3.87. The van der Waals surface area contributed by atoms with E-state index in [0.29, 0.717) is 5.56 Å². The van der Waals surface area contributed by atoms with Gasteiger partial charge in [-0.25, -0.2) is 4.79 Å². The largest absolute Gasteiger partial charge is 0.478 e. The van der Waals surface area contributed by atoms with Crippen molar-refractivity contribution < 1.29 is 9.90 Å². The lowest BCUT2D eigenvalue weighted by Crippen LogP contribution is -2.10. The summed E-state index contributed by atoms with van der Waals surface area (Å²) >= 11 is 0. The lowest BCUT2D eigenvalue weighted by Gasteiger charge is -2.19. The summed E-state index contributed by atoms with van der Waals surface area (Å²) in [5.74, 6) is -0.996. The van der Waals surface area contributed by atoms with Gasteiger partial charge in [0, 0.05) is 6.08 Å². The molecule has 0 aliphatic heterocycles. The first-order valence-corrected chi connectivity index (χ1v) is 8.04. The molecule has 0 aromatic heterocycles. The normalized spacial score (nSPS) is 12.2. The minimum atomic E-state index is -0.996. The number of hydrogen-bond acceptors (Lipinski definition) is 2. The smallest absolute Gasteiger partial charge is 0.328 e. The van der Waals surface area contributed by atoms with Crippen molar-refractivity contribution >= 4 is 11.5 Å². The monoisotopic (exact) mass is 331 g/mol. The van der Waals surface area contributed by atoms with Crippen molar-refractivity contribution in [3.8, 4) is 6.07 Å². The van der Waals surface area contributed by atoms with E-state index >= 15 is 0 Å². The van der Waals surface area contributed by atoms with Crippen molar-refractivity contribution in [1.82, 2.24) is 0 Å². The second-order valence-corrected chi connectivity index (χ2v) is 6.80. The molecular weight excluding hydrogens is 310 g/mol. The highest BCUT2D eigenvalue weighted by Crippen LogP contribution is 2.28. The van der Waals surface area contributed by atoms with Gasteiger partial charge >= 0.3 is 5.97 Å². The second kappa shape index (κ2) is 7.63. The van der Waals surface area contributed by atoms with Crippen molar-refractivity contribution in [3.63, 3.8) is 0 Å². The molecule has 0 saturated carbocycles. The molecule has 0 amide bonds. The first-order chi connectivity index (χ1) is 11.8. The van der Waals surface area contributed by atoms with Crippen molar-refractivity contribution in [2.24, 2.45) is 0 Å². The van der Waals surface area contributed by atoms with E-state index in [2.05, 4.69) is 39.0 Å². The quantitative estimate of drug-likeness (QED) is 0.638. The van der Waals surface area contributed by atoms with E-state index in [4.69, 9.17) is 10.4 Å². The van der Waals surface area contributed by atoms with Crippen LogP contribution in [-0.2, 0) is 10.2 Å². The van der Waals surface area contributed by atoms with Crippen molar-refractivity contribution in [1.29, 1.82) is 5.26 Å². The fourth-order valence-electron chi connectivity index (χ4n) is 2.49. The molecule has 0 radical (unpaired) electrons. The Morgan fingerprint density at radius 2 is 1.76 bits per heavy atom. The molecule has 0 heterocycles. The molecule has 25 heavy (non-hydrogen) atoms. The van der Waals surface area contributed by atoms with Crippen LogP contribution >= 0.6 is 0 Å². The number of hydrogen-bond donors (Lipinski definition) is 1. The summed E-state index contributed by atoms with van der Waals surface area (Å²) in [6, 6.07) is 17.6. The van der Waals surface area contributed by atoms with Gasteiger partial charge in [-0.1, -0.05) is 69.3 Å². The Balaban J connectivity index is 2.51. The summed E-state index contributed by atoms with van der Waals surface area (Å²) in [6.45, 7) is 6.47. The summed E-state index contributed by atoms with van der Waals surface area (Å²) in [4.78, 5) is 10.8. The maximum absolute atomic E-state index is 10.8. The number of carbonyl (C=O) groups is 1. The van der Waals surface area contributed by atoms with Crippen LogP contribution in [-0.4, -0.2) is 11.1 Å². The molecule has 2 aromatic carbocycles. The van der Waals surface area contributed by atoms with E-state index < -0.39 is 5.97 Å². The summed E-state index contributed by atoms with van der Waals surface area (Å²) in [6.07, 6.45) is 4.36. The van der Waals surface area contributed by atoms with Gasteiger partial charge in [-0.2, -0.15) is 5.26 Å². The molecule has 0 bridgehead atoms. The Morgan fingerprint density at radius 1 is 1.08 bits per heavy atom. The van der Waals surface area contributed by atoms with E-state index in [-0.39, 0.29) is 5.41 Å². The average Bonchev–Trinajstić information content (AvgIpc) is 2.58. The zero-order valence-corrected chi connectivity index (χ0v) is 14.7. The molecule has 3 heteroatoms. The van der Waals surface area contributed by atoms with Crippen LogP contribution in [0.15, 0.2) is 66.8 Å². The maximum Gasteiger partial charge on any atom is 0.328 e. The number of nitriles is 1. The highest BCUT2D eigenvalue weighted by molar-refractivity contribution is 5.84. The molecule has 1 N–H and O–H groups in total. The molecule has 0 saturated heterocycles. The zero-order chi connectivity index (χ0) is 18.4. The van der Waals surface area contributed by atoms with Gasteiger partial charge in [0.15, 0.2) is 0 Å². The van der Waals surface area contributed by atoms with Crippen LogP contribution in [0.25, 0.3) is 5.57 Å². The Bertz CT molecular complexity index is 860. The van der Waals surface area contributed by atoms with E-state index in [0.717, 1.165) is 22.8 Å². The Morgan fingerprint density at radius 3 is 2.32 bits per heavy atom. The molecule has 0 atom stereocenters. The zero-order valence-electron chi connectivity index (χ0n) is 14.7. The molecule has 0 aliphatic carbocycles. The van der Waals surface area contributed by atoms with E-state index in [1.54, 1.807) is 18.2 Å². The van der Waals surface area contributed by atoms with Gasteiger partial charge in [-0.15, -0.1) is 0 Å². The SMILES string of the molecule is CC(C)(C)c1ccc(/C(=C/C=C/C(=O)O)c2cccc(C#N)c2)cc1. The average molecular weight is 331 g/mol. The molecule has 2 rings (SSSR count). The molecule has 0 aliphatic rings. The lowest BCUT2D eigenvalue weighted by atomic mass is 9.85. The molecule has 0 spiro atoms. The van der Waals surface area contributed by atoms with Gasteiger partial charge < -0.3 is 5.11 Å². The van der Waals surface area contributed by atoms with Crippen LogP contribution in [0.4, 0.5) is 0 Å². The minimum Gasteiger partial charge on any atom is -0.478 e. The first kappa shape index (κ1) is 18.2. The van der Waals surface area contributed by atoms with Crippen LogP contribution in [0.1, 0.15) is 43.0 Å². The number of nitrogens with zero attached hydrogens (tertiary/aromatic N) is 1. The minimum absolute atomic E-state index is 0.0618. The number of aliphatic carboxylic acids is 1. The number of carboxylic acid groups (broad SMARTS) is 1. The standard InChI is InChI=1S/C22H21NO2/c1-22(2,3)19-12-10-17(11-13-19)20(8-5-9-21(24)25)18-7-4-6-16(14-18)15-23/h4-14H,1-3H3,(H,24,25)/b9-5+,20-8-. The Kier molecular flexibility index (Phi) is 5.56. The predicted molar refractivity (Wildman–Crippen MR) is 100 cm³/mol. The van der Waals surface area contributed by atoms with Crippen molar-refractivity contribution in [2.75, 3.05) is 0 Å². The summed E-state index contributed by atoms with van der Waals surface area (Å²) < 4.78 is 0. The van der Waals surface area contributed by atoms with E-state index in [9.17, 15) is 4.79 Å². The van der Waals surface area contributed by atoms with Crippen LogP contribution in [0.5, 0.6) is 0 Å². The summed E-state index contributed by atoms with van der Waals surface area (Å²) in [7, 11) is 0. The lowest BCUT2D eigenvalue weighted by molar-refractivity contribution is -0.131. The third kappa shape index (κ3) is 4.92. The molecule has 2 aromatic rings. The van der Waals surface area contributed by atoms with E-state index in [1.165, 1.54) is 11.6 Å². The van der Waals surface area contributed by atoms with Crippen molar-refractivity contribution in [2.45, 2.75) is 26.2 Å². The molecule has 0 unspecified atom stereocenters. The highest BCUT2D eigenvalue weighted by Gasteiger charge is 2.14. The van der Waals surface area contributed by atoms with Crippen LogP contribution in [0, 0.1) is 11.3 Å². The van der Waals surface area contributed by atoms with Gasteiger partial charge in [-0.05, 0) is 39.8 Å². The van der Waals surface area contributed by atoms with Gasteiger partial charge in [0.25, 0.3) is 0 Å². The Hall–Kier alpha value is -3.12. The number of allylic oxidation sites excluding steroid dienone is 2.